The van der Waals surface area contributed by atoms with Crippen LogP contribution in [0.25, 0.3) is 0 Å². The molecule has 0 heterocycles. The molecule has 2 nitrogen and oxygen atoms in total. The van der Waals surface area contributed by atoms with E-state index in [-0.39, 0.29) is 5.78 Å². The van der Waals surface area contributed by atoms with Crippen LogP contribution >= 0.6 is 11.6 Å². The van der Waals surface area contributed by atoms with Crippen LogP contribution in [0.4, 0.5) is 0 Å². The largest absolute Gasteiger partial charge is 0.495 e. The number of rotatable bonds is 5. The zero-order chi connectivity index (χ0) is 13.7. The Kier molecular flexibility index (Phi) is 5.26. The van der Waals surface area contributed by atoms with Gasteiger partial charge in [-0.2, -0.15) is 0 Å². The maximum absolute atomic E-state index is 12.2. The molecule has 1 aliphatic carbocycles. The van der Waals surface area contributed by atoms with Crippen LogP contribution in [0, 0.1) is 5.92 Å². The molecule has 104 valence electrons. The summed E-state index contributed by atoms with van der Waals surface area (Å²) in [5.74, 6) is 1.51. The highest BCUT2D eigenvalue weighted by atomic mass is 35.5. The SMILES string of the molecule is COc1cc(C(=O)CCC2CCCCC2)ccc1Cl. The topological polar surface area (TPSA) is 26.3 Å². The third-order valence-corrected chi connectivity index (χ3v) is 4.29. The van der Waals surface area contributed by atoms with Crippen LogP contribution < -0.4 is 4.74 Å². The third-order valence-electron chi connectivity index (χ3n) is 3.98. The minimum Gasteiger partial charge on any atom is -0.495 e. The highest BCUT2D eigenvalue weighted by molar-refractivity contribution is 6.32. The third kappa shape index (κ3) is 3.97. The van der Waals surface area contributed by atoms with Gasteiger partial charge in [-0.25, -0.2) is 0 Å². The lowest BCUT2D eigenvalue weighted by molar-refractivity contribution is 0.0970. The molecule has 0 saturated heterocycles. The molecular weight excluding hydrogens is 260 g/mol. The van der Waals surface area contributed by atoms with Crippen molar-refractivity contribution in [2.24, 2.45) is 5.92 Å². The van der Waals surface area contributed by atoms with Crippen molar-refractivity contribution in [3.05, 3.63) is 28.8 Å². The lowest BCUT2D eigenvalue weighted by Crippen LogP contribution is -2.09. The molecule has 0 atom stereocenters. The monoisotopic (exact) mass is 280 g/mol. The summed E-state index contributed by atoms with van der Waals surface area (Å²) in [4.78, 5) is 12.2. The van der Waals surface area contributed by atoms with Crippen molar-refractivity contribution in [2.45, 2.75) is 44.9 Å². The van der Waals surface area contributed by atoms with Gasteiger partial charge in [-0.05, 0) is 30.5 Å². The molecule has 0 N–H and O–H groups in total. The summed E-state index contributed by atoms with van der Waals surface area (Å²) in [7, 11) is 1.57. The van der Waals surface area contributed by atoms with Gasteiger partial charge in [0.25, 0.3) is 0 Å². The van der Waals surface area contributed by atoms with Gasteiger partial charge in [-0.3, -0.25) is 4.79 Å². The van der Waals surface area contributed by atoms with Crippen LogP contribution in [0.5, 0.6) is 5.75 Å². The Labute approximate surface area is 120 Å². The van der Waals surface area contributed by atoms with Crippen molar-refractivity contribution < 1.29 is 9.53 Å². The van der Waals surface area contributed by atoms with Gasteiger partial charge < -0.3 is 4.74 Å². The summed E-state index contributed by atoms with van der Waals surface area (Å²) in [6.07, 6.45) is 8.24. The molecule has 0 radical (unpaired) electrons. The number of carbonyl (C=O) groups excluding carboxylic acids is 1. The van der Waals surface area contributed by atoms with Gasteiger partial charge in [0.05, 0.1) is 12.1 Å². The molecule has 19 heavy (non-hydrogen) atoms. The summed E-state index contributed by atoms with van der Waals surface area (Å²) in [6, 6.07) is 5.26. The van der Waals surface area contributed by atoms with Gasteiger partial charge in [-0.1, -0.05) is 43.7 Å². The van der Waals surface area contributed by atoms with Crippen LogP contribution in [0.1, 0.15) is 55.3 Å². The van der Waals surface area contributed by atoms with E-state index in [1.54, 1.807) is 25.3 Å². The van der Waals surface area contributed by atoms with Crippen LogP contribution in [-0.4, -0.2) is 12.9 Å². The van der Waals surface area contributed by atoms with Crippen molar-refractivity contribution in [1.82, 2.24) is 0 Å². The number of benzene rings is 1. The summed E-state index contributed by atoms with van der Waals surface area (Å²) in [6.45, 7) is 0. The van der Waals surface area contributed by atoms with E-state index in [1.165, 1.54) is 32.1 Å². The van der Waals surface area contributed by atoms with E-state index in [2.05, 4.69) is 0 Å². The van der Waals surface area contributed by atoms with Crippen molar-refractivity contribution in [1.29, 1.82) is 0 Å². The highest BCUT2D eigenvalue weighted by Crippen LogP contribution is 2.29. The highest BCUT2D eigenvalue weighted by Gasteiger charge is 2.16. The molecule has 2 rings (SSSR count). The Bertz CT molecular complexity index is 436. The second-order valence-electron chi connectivity index (χ2n) is 5.32. The van der Waals surface area contributed by atoms with E-state index in [9.17, 15) is 4.79 Å². The standard InChI is InChI=1S/C16H21ClO2/c1-19-16-11-13(8-9-14(16)17)15(18)10-7-12-5-3-2-4-6-12/h8-9,11-12H,2-7,10H2,1H3. The van der Waals surface area contributed by atoms with Gasteiger partial charge in [0, 0.05) is 12.0 Å². The first kappa shape index (κ1) is 14.4. The van der Waals surface area contributed by atoms with E-state index in [4.69, 9.17) is 16.3 Å². The minimum atomic E-state index is 0.195. The van der Waals surface area contributed by atoms with E-state index in [1.807, 2.05) is 0 Å². The molecule has 0 bridgehead atoms. The lowest BCUT2D eigenvalue weighted by Gasteiger charge is -2.20. The molecule has 0 aromatic heterocycles. The van der Waals surface area contributed by atoms with Crippen LogP contribution in [0.2, 0.25) is 5.02 Å². The quantitative estimate of drug-likeness (QED) is 0.718. The number of hydrogen-bond acceptors (Lipinski definition) is 2. The van der Waals surface area contributed by atoms with Crippen molar-refractivity contribution in [3.8, 4) is 5.75 Å². The second-order valence-corrected chi connectivity index (χ2v) is 5.72. The Morgan fingerprint density at radius 2 is 2.05 bits per heavy atom. The van der Waals surface area contributed by atoms with Gasteiger partial charge in [0.15, 0.2) is 5.78 Å². The number of ketones is 1. The van der Waals surface area contributed by atoms with Gasteiger partial charge in [0.2, 0.25) is 0 Å². The maximum atomic E-state index is 12.2. The lowest BCUT2D eigenvalue weighted by atomic mass is 9.85. The Morgan fingerprint density at radius 3 is 2.74 bits per heavy atom. The van der Waals surface area contributed by atoms with Crippen LogP contribution in [0.15, 0.2) is 18.2 Å². The Hall–Kier alpha value is -1.02. The fraction of sp³-hybridized carbons (Fsp3) is 0.562. The first-order chi connectivity index (χ1) is 9.20. The van der Waals surface area contributed by atoms with Crippen LogP contribution in [-0.2, 0) is 0 Å². The van der Waals surface area contributed by atoms with Crippen molar-refractivity contribution in [3.63, 3.8) is 0 Å². The van der Waals surface area contributed by atoms with E-state index >= 15 is 0 Å². The molecule has 3 heteroatoms. The molecule has 1 aliphatic rings. The first-order valence-corrected chi connectivity index (χ1v) is 7.45. The molecule has 0 aliphatic heterocycles. The summed E-state index contributed by atoms with van der Waals surface area (Å²) < 4.78 is 5.15. The van der Waals surface area contributed by atoms with Crippen molar-refractivity contribution >= 4 is 17.4 Å². The second kappa shape index (κ2) is 6.95. The molecule has 1 aromatic rings. The predicted molar refractivity (Wildman–Crippen MR) is 78.1 cm³/mol. The molecule has 1 aromatic carbocycles. The fourth-order valence-corrected chi connectivity index (χ4v) is 2.98. The van der Waals surface area contributed by atoms with E-state index < -0.39 is 0 Å². The number of methoxy groups -OCH3 is 1. The van der Waals surface area contributed by atoms with Crippen LogP contribution in [0.3, 0.4) is 0 Å². The first-order valence-electron chi connectivity index (χ1n) is 7.07. The van der Waals surface area contributed by atoms with Gasteiger partial charge >= 0.3 is 0 Å². The Balaban J connectivity index is 1.92. The number of hydrogen-bond donors (Lipinski definition) is 0. The minimum absolute atomic E-state index is 0.195. The average molecular weight is 281 g/mol. The zero-order valence-corrected chi connectivity index (χ0v) is 12.2. The van der Waals surface area contributed by atoms with Gasteiger partial charge in [-0.15, -0.1) is 0 Å². The van der Waals surface area contributed by atoms with E-state index in [0.29, 0.717) is 22.8 Å². The molecule has 0 unspecified atom stereocenters. The predicted octanol–water partition coefficient (Wildman–Crippen LogP) is 4.89. The Morgan fingerprint density at radius 1 is 1.32 bits per heavy atom. The normalized spacial score (nSPS) is 16.3. The van der Waals surface area contributed by atoms with E-state index in [0.717, 1.165) is 12.3 Å². The molecule has 1 saturated carbocycles. The number of carbonyl (C=O) groups is 1. The van der Waals surface area contributed by atoms with Gasteiger partial charge in [0.1, 0.15) is 5.75 Å². The molecule has 1 fully saturated rings. The summed E-state index contributed by atoms with van der Waals surface area (Å²) in [5.41, 5.74) is 0.706. The number of halogens is 1. The molecule has 0 spiro atoms. The smallest absolute Gasteiger partial charge is 0.163 e. The summed E-state index contributed by atoms with van der Waals surface area (Å²) >= 11 is 5.96. The zero-order valence-electron chi connectivity index (χ0n) is 11.5. The maximum Gasteiger partial charge on any atom is 0.163 e. The summed E-state index contributed by atoms with van der Waals surface area (Å²) in [5, 5.41) is 0.548. The number of ether oxygens (including phenoxy) is 1. The van der Waals surface area contributed by atoms with Crippen molar-refractivity contribution in [2.75, 3.05) is 7.11 Å². The molecule has 0 amide bonds. The fourth-order valence-electron chi connectivity index (χ4n) is 2.79. The average Bonchev–Trinajstić information content (AvgIpc) is 2.46. The molecular formula is C16H21ClO2. The number of Topliss-reactive ketones (excluding diaryl/α,β-unsaturated/α-hetero) is 1.